The first-order valence-corrected chi connectivity index (χ1v) is 15.3. The van der Waals surface area contributed by atoms with E-state index in [1.54, 1.807) is 24.5 Å². The van der Waals surface area contributed by atoms with Gasteiger partial charge in [0.2, 0.25) is 0 Å². The van der Waals surface area contributed by atoms with E-state index in [1.165, 1.54) is 11.3 Å². The minimum absolute atomic E-state index is 0.180. The van der Waals surface area contributed by atoms with Crippen LogP contribution in [0.5, 0.6) is 0 Å². The molecule has 4 aromatic rings. The average molecular weight is 592 g/mol. The maximum atomic E-state index is 14.6. The van der Waals surface area contributed by atoms with E-state index in [1.807, 2.05) is 47.8 Å². The van der Waals surface area contributed by atoms with Gasteiger partial charge in [-0.05, 0) is 68.4 Å². The number of aliphatic hydroxyl groups excluding tert-OH is 1. The van der Waals surface area contributed by atoms with E-state index in [4.69, 9.17) is 16.6 Å². The lowest BCUT2D eigenvalue weighted by Crippen LogP contribution is -2.47. The van der Waals surface area contributed by atoms with Crippen LogP contribution in [0.2, 0.25) is 5.02 Å². The van der Waals surface area contributed by atoms with Gasteiger partial charge in [0.15, 0.2) is 0 Å². The number of aliphatic hydroxyl groups is 1. The molecule has 1 amide bonds. The highest BCUT2D eigenvalue weighted by atomic mass is 35.5. The van der Waals surface area contributed by atoms with Gasteiger partial charge in [0.1, 0.15) is 5.01 Å². The van der Waals surface area contributed by atoms with E-state index < -0.39 is 5.54 Å². The number of rotatable bonds is 10. The van der Waals surface area contributed by atoms with Gasteiger partial charge in [-0.25, -0.2) is 4.98 Å². The van der Waals surface area contributed by atoms with Gasteiger partial charge in [-0.2, -0.15) is 0 Å². The van der Waals surface area contributed by atoms with Gasteiger partial charge in [-0.3, -0.25) is 14.2 Å². The van der Waals surface area contributed by atoms with Crippen LogP contribution in [-0.2, 0) is 19.3 Å². The van der Waals surface area contributed by atoms with Crippen LogP contribution in [0.1, 0.15) is 68.7 Å². The Morgan fingerprint density at radius 3 is 2.29 bits per heavy atom. The maximum absolute atomic E-state index is 14.6. The fourth-order valence-corrected chi connectivity index (χ4v) is 5.86. The van der Waals surface area contributed by atoms with Gasteiger partial charge in [0, 0.05) is 21.7 Å². The summed E-state index contributed by atoms with van der Waals surface area (Å²) in [7, 11) is 0. The maximum Gasteiger partial charge on any atom is 0.265 e. The number of carbonyl (C=O) groups is 1. The molecular weight excluding hydrogens is 554 g/mol. The Morgan fingerprint density at radius 1 is 1.10 bits per heavy atom. The number of amides is 1. The van der Waals surface area contributed by atoms with Crippen LogP contribution in [0.25, 0.3) is 27.5 Å². The van der Waals surface area contributed by atoms with Gasteiger partial charge in [0.25, 0.3) is 11.5 Å². The number of aromatic nitrogens is 2. The summed E-state index contributed by atoms with van der Waals surface area (Å²) in [6.45, 7) is 11.6. The molecule has 2 N–H and O–H groups in total. The van der Waals surface area contributed by atoms with Crippen molar-refractivity contribution in [3.63, 3.8) is 0 Å². The summed E-state index contributed by atoms with van der Waals surface area (Å²) in [5.41, 5.74) is 4.92. The standard InChI is InChI=1S/C33H38ClN3O3S/c1-7-21-10-9-11-22(8-2)29(21)37-28(16-20(3)4)25(30(39)36-33(5,6)19-38)17-26(32(37)40)31-35-27(18-41-31)23-12-14-24(34)15-13-23/h9-15,17-18,20,38H,7-8,16,19H2,1-6H3,(H,36,39). The van der Waals surface area contributed by atoms with Crippen molar-refractivity contribution < 1.29 is 9.90 Å². The minimum atomic E-state index is -0.841. The zero-order chi connectivity index (χ0) is 29.9. The van der Waals surface area contributed by atoms with E-state index in [-0.39, 0.29) is 24.0 Å². The molecule has 2 aromatic heterocycles. The van der Waals surface area contributed by atoms with Crippen molar-refractivity contribution >= 4 is 28.8 Å². The summed E-state index contributed by atoms with van der Waals surface area (Å²) in [4.78, 5) is 33.3. The third-order valence-electron chi connectivity index (χ3n) is 7.06. The highest BCUT2D eigenvalue weighted by molar-refractivity contribution is 7.13. The summed E-state index contributed by atoms with van der Waals surface area (Å²) in [5.74, 6) is -0.157. The van der Waals surface area contributed by atoms with Crippen LogP contribution < -0.4 is 10.9 Å². The van der Waals surface area contributed by atoms with Crippen molar-refractivity contribution in [2.24, 2.45) is 5.92 Å². The summed E-state index contributed by atoms with van der Waals surface area (Å²) in [5, 5.41) is 15.9. The highest BCUT2D eigenvalue weighted by Gasteiger charge is 2.28. The van der Waals surface area contributed by atoms with Crippen molar-refractivity contribution in [3.05, 3.63) is 91.7 Å². The molecule has 4 rings (SSSR count). The monoisotopic (exact) mass is 591 g/mol. The number of hydrogen-bond acceptors (Lipinski definition) is 5. The topological polar surface area (TPSA) is 84.2 Å². The molecule has 0 bridgehead atoms. The van der Waals surface area contributed by atoms with E-state index >= 15 is 0 Å². The molecule has 0 aliphatic heterocycles. The molecule has 0 atom stereocenters. The third kappa shape index (κ3) is 6.64. The summed E-state index contributed by atoms with van der Waals surface area (Å²) in [6.07, 6.45) is 1.99. The van der Waals surface area contributed by atoms with Gasteiger partial charge in [0.05, 0.1) is 34.7 Å². The first-order chi connectivity index (χ1) is 19.5. The van der Waals surface area contributed by atoms with Crippen LogP contribution in [0.4, 0.5) is 0 Å². The van der Waals surface area contributed by atoms with Gasteiger partial charge >= 0.3 is 0 Å². The second-order valence-electron chi connectivity index (χ2n) is 11.3. The predicted molar refractivity (Wildman–Crippen MR) is 170 cm³/mol. The van der Waals surface area contributed by atoms with Gasteiger partial charge in [-0.1, -0.05) is 69.6 Å². The lowest BCUT2D eigenvalue weighted by Gasteiger charge is -2.27. The fraction of sp³-hybridized carbons (Fsp3) is 0.364. The number of pyridine rings is 1. The molecule has 216 valence electrons. The van der Waals surface area contributed by atoms with Gasteiger partial charge in [-0.15, -0.1) is 11.3 Å². The fourth-order valence-electron chi connectivity index (χ4n) is 4.89. The molecule has 2 heterocycles. The summed E-state index contributed by atoms with van der Waals surface area (Å²) in [6, 6.07) is 15.2. The quantitative estimate of drug-likeness (QED) is 0.206. The molecule has 0 radical (unpaired) electrons. The Bertz CT molecular complexity index is 1580. The number of thiazole rings is 1. The minimum Gasteiger partial charge on any atom is -0.394 e. The summed E-state index contributed by atoms with van der Waals surface area (Å²) < 4.78 is 1.76. The van der Waals surface area contributed by atoms with E-state index in [2.05, 4.69) is 33.0 Å². The molecule has 0 saturated carbocycles. The number of carbonyl (C=O) groups excluding carboxylic acids is 1. The Morgan fingerprint density at radius 2 is 1.73 bits per heavy atom. The molecule has 0 spiro atoms. The Kier molecular flexibility index (Phi) is 9.52. The van der Waals surface area contributed by atoms with Crippen LogP contribution in [0, 0.1) is 5.92 Å². The Balaban J connectivity index is 2.06. The molecule has 0 aliphatic rings. The SMILES string of the molecule is CCc1cccc(CC)c1-n1c(CC(C)C)c(C(=O)NC(C)(C)CO)cc(-c2nc(-c3ccc(Cl)cc3)cs2)c1=O. The van der Waals surface area contributed by atoms with Gasteiger partial charge < -0.3 is 10.4 Å². The number of hydrogen-bond donors (Lipinski definition) is 2. The number of nitrogens with zero attached hydrogens (tertiary/aromatic N) is 2. The smallest absolute Gasteiger partial charge is 0.265 e. The zero-order valence-electron chi connectivity index (χ0n) is 24.5. The van der Waals surface area contributed by atoms with Crippen molar-refractivity contribution in [2.75, 3.05) is 6.61 Å². The lowest BCUT2D eigenvalue weighted by molar-refractivity contribution is 0.0867. The van der Waals surface area contributed by atoms with E-state index in [9.17, 15) is 14.7 Å². The molecule has 0 unspecified atom stereocenters. The average Bonchev–Trinajstić information content (AvgIpc) is 3.43. The second-order valence-corrected chi connectivity index (χ2v) is 12.6. The number of halogens is 1. The van der Waals surface area contributed by atoms with Crippen molar-refractivity contribution in [2.45, 2.75) is 66.3 Å². The highest BCUT2D eigenvalue weighted by Crippen LogP contribution is 2.32. The molecule has 41 heavy (non-hydrogen) atoms. The van der Waals surface area contributed by atoms with E-state index in [0.29, 0.717) is 33.3 Å². The van der Waals surface area contributed by atoms with Crippen LogP contribution in [-0.4, -0.2) is 32.7 Å². The zero-order valence-corrected chi connectivity index (χ0v) is 26.1. The van der Waals surface area contributed by atoms with Crippen molar-refractivity contribution in [3.8, 4) is 27.5 Å². The number of para-hydroxylation sites is 1. The van der Waals surface area contributed by atoms with Crippen molar-refractivity contribution in [1.29, 1.82) is 0 Å². The third-order valence-corrected chi connectivity index (χ3v) is 8.19. The molecule has 2 aromatic carbocycles. The van der Waals surface area contributed by atoms with Crippen molar-refractivity contribution in [1.82, 2.24) is 14.9 Å². The second kappa shape index (κ2) is 12.7. The molecule has 0 fully saturated rings. The Hall–Kier alpha value is -3.26. The largest absolute Gasteiger partial charge is 0.394 e. The molecule has 0 aliphatic carbocycles. The van der Waals surface area contributed by atoms with Crippen LogP contribution >= 0.6 is 22.9 Å². The number of aryl methyl sites for hydroxylation is 2. The number of benzene rings is 2. The van der Waals surface area contributed by atoms with E-state index in [0.717, 1.165) is 40.9 Å². The molecule has 8 heteroatoms. The molecule has 6 nitrogen and oxygen atoms in total. The molecule has 0 saturated heterocycles. The summed E-state index contributed by atoms with van der Waals surface area (Å²) >= 11 is 7.45. The first-order valence-electron chi connectivity index (χ1n) is 14.0. The first kappa shape index (κ1) is 30.7. The van der Waals surface area contributed by atoms with Crippen LogP contribution in [0.15, 0.2) is 58.7 Å². The molecular formula is C33H38ClN3O3S. The normalized spacial score (nSPS) is 11.7. The number of nitrogens with one attached hydrogen (secondary N) is 1. The predicted octanol–water partition coefficient (Wildman–Crippen LogP) is 7.11. The van der Waals surface area contributed by atoms with Crippen LogP contribution in [0.3, 0.4) is 0 Å². The lowest BCUT2D eigenvalue weighted by atomic mass is 9.96. The Labute approximate surface area is 251 Å².